The predicted octanol–water partition coefficient (Wildman–Crippen LogP) is 4.02. The summed E-state index contributed by atoms with van der Waals surface area (Å²) in [6, 6.07) is 10.1. The van der Waals surface area contributed by atoms with Crippen LogP contribution >= 0.6 is 0 Å². The van der Waals surface area contributed by atoms with E-state index >= 15 is 0 Å². The molecule has 2 aromatic heterocycles. The molecule has 0 unspecified atom stereocenters. The molecule has 27 heavy (non-hydrogen) atoms. The Hall–Kier alpha value is -3.28. The van der Waals surface area contributed by atoms with Crippen LogP contribution in [0.5, 0.6) is 5.75 Å². The maximum absolute atomic E-state index is 12.8. The first-order chi connectivity index (χ1) is 13.1. The molecule has 2 aromatic carbocycles. The first kappa shape index (κ1) is 15.9. The molecule has 6 nitrogen and oxygen atoms in total. The van der Waals surface area contributed by atoms with E-state index in [4.69, 9.17) is 8.83 Å². The van der Waals surface area contributed by atoms with Gasteiger partial charge in [-0.3, -0.25) is 4.79 Å². The van der Waals surface area contributed by atoms with E-state index in [1.165, 1.54) is 12.1 Å². The number of likely N-dealkylation sites (tertiary alicyclic amines) is 1. The Balaban J connectivity index is 1.75. The average Bonchev–Trinajstić information content (AvgIpc) is 3.07. The Morgan fingerprint density at radius 2 is 1.74 bits per heavy atom. The van der Waals surface area contributed by atoms with Crippen LogP contribution in [-0.2, 0) is 0 Å². The quantitative estimate of drug-likeness (QED) is 0.516. The Bertz CT molecular complexity index is 1260. The van der Waals surface area contributed by atoms with E-state index in [1.807, 2.05) is 12.1 Å². The Morgan fingerprint density at radius 3 is 2.56 bits per heavy atom. The smallest absolute Gasteiger partial charge is 0.348 e. The van der Waals surface area contributed by atoms with Gasteiger partial charge in [-0.15, -0.1) is 0 Å². The van der Waals surface area contributed by atoms with Crippen LogP contribution in [0.4, 0.5) is 0 Å². The van der Waals surface area contributed by atoms with Crippen LogP contribution in [0.1, 0.15) is 29.6 Å². The number of phenolic OH excluding ortho intramolecular Hbond substituents is 1. The van der Waals surface area contributed by atoms with Gasteiger partial charge >= 0.3 is 5.63 Å². The molecule has 1 N–H and O–H groups in total. The van der Waals surface area contributed by atoms with E-state index in [0.717, 1.165) is 19.3 Å². The van der Waals surface area contributed by atoms with Gasteiger partial charge in [0.15, 0.2) is 5.58 Å². The number of carbonyl (C=O) groups is 1. The third-order valence-corrected chi connectivity index (χ3v) is 5.22. The molecule has 0 saturated carbocycles. The molecule has 1 aliphatic heterocycles. The molecule has 1 fully saturated rings. The summed E-state index contributed by atoms with van der Waals surface area (Å²) >= 11 is 0. The SMILES string of the molecule is O=C(c1cc2oc3c4ccccc4oc(=O)c3c2cc1O)N1CCCCC1. The van der Waals surface area contributed by atoms with Crippen LogP contribution in [0, 0.1) is 0 Å². The topological polar surface area (TPSA) is 83.9 Å². The van der Waals surface area contributed by atoms with Crippen molar-refractivity contribution in [3.63, 3.8) is 0 Å². The number of fused-ring (bicyclic) bond motifs is 5. The highest BCUT2D eigenvalue weighted by Gasteiger charge is 2.24. The molecule has 3 heterocycles. The summed E-state index contributed by atoms with van der Waals surface area (Å²) in [6.07, 6.45) is 3.04. The molecule has 136 valence electrons. The zero-order chi connectivity index (χ0) is 18.5. The lowest BCUT2D eigenvalue weighted by Gasteiger charge is -2.26. The van der Waals surface area contributed by atoms with E-state index < -0.39 is 5.63 Å². The van der Waals surface area contributed by atoms with Gasteiger partial charge in [0.2, 0.25) is 0 Å². The van der Waals surface area contributed by atoms with Crippen molar-refractivity contribution >= 4 is 38.8 Å². The number of benzene rings is 2. The van der Waals surface area contributed by atoms with E-state index in [1.54, 1.807) is 17.0 Å². The summed E-state index contributed by atoms with van der Waals surface area (Å²) in [4.78, 5) is 27.0. The van der Waals surface area contributed by atoms with E-state index in [2.05, 4.69) is 0 Å². The number of phenols is 1. The number of para-hydroxylation sites is 1. The number of hydrogen-bond acceptors (Lipinski definition) is 5. The third kappa shape index (κ3) is 2.40. The number of amides is 1. The lowest BCUT2D eigenvalue weighted by molar-refractivity contribution is 0.0721. The van der Waals surface area contributed by atoms with Crippen molar-refractivity contribution in [2.24, 2.45) is 0 Å². The maximum Gasteiger partial charge on any atom is 0.348 e. The van der Waals surface area contributed by atoms with Crippen molar-refractivity contribution in [3.05, 3.63) is 52.4 Å². The van der Waals surface area contributed by atoms with Gasteiger partial charge in [-0.2, -0.15) is 0 Å². The Labute approximate surface area is 153 Å². The van der Waals surface area contributed by atoms with Crippen molar-refractivity contribution in [1.29, 1.82) is 0 Å². The van der Waals surface area contributed by atoms with Crippen molar-refractivity contribution in [1.82, 2.24) is 4.90 Å². The number of rotatable bonds is 1. The van der Waals surface area contributed by atoms with Gasteiger partial charge in [-0.1, -0.05) is 12.1 Å². The van der Waals surface area contributed by atoms with Gasteiger partial charge in [0, 0.05) is 18.5 Å². The molecule has 1 aliphatic rings. The minimum Gasteiger partial charge on any atom is -0.507 e. The van der Waals surface area contributed by atoms with Gasteiger partial charge in [-0.25, -0.2) is 4.79 Å². The van der Waals surface area contributed by atoms with Gasteiger partial charge in [0.1, 0.15) is 22.3 Å². The van der Waals surface area contributed by atoms with Gasteiger partial charge < -0.3 is 18.8 Å². The molecule has 0 aliphatic carbocycles. The summed E-state index contributed by atoms with van der Waals surface area (Å²) in [5, 5.41) is 11.9. The first-order valence-corrected chi connectivity index (χ1v) is 9.04. The molecule has 5 rings (SSSR count). The normalized spacial score (nSPS) is 15.0. The second-order valence-corrected chi connectivity index (χ2v) is 6.91. The fourth-order valence-corrected chi connectivity index (χ4v) is 3.86. The highest BCUT2D eigenvalue weighted by atomic mass is 16.4. The molecule has 6 heteroatoms. The molecular formula is C21H17NO5. The van der Waals surface area contributed by atoms with Crippen molar-refractivity contribution < 1.29 is 18.7 Å². The summed E-state index contributed by atoms with van der Waals surface area (Å²) in [7, 11) is 0. The molecule has 4 aromatic rings. The minimum absolute atomic E-state index is 0.159. The maximum atomic E-state index is 12.8. The summed E-state index contributed by atoms with van der Waals surface area (Å²) in [5.74, 6) is -0.375. The van der Waals surface area contributed by atoms with Crippen molar-refractivity contribution in [2.75, 3.05) is 13.1 Å². The summed E-state index contributed by atoms with van der Waals surface area (Å²) in [5.41, 5.74) is 0.877. The highest BCUT2D eigenvalue weighted by molar-refractivity contribution is 6.14. The van der Waals surface area contributed by atoms with E-state index in [9.17, 15) is 14.7 Å². The van der Waals surface area contributed by atoms with Crippen LogP contribution in [0.15, 0.2) is 50.0 Å². The van der Waals surface area contributed by atoms with E-state index in [0.29, 0.717) is 40.6 Å². The standard InChI is InChI=1S/C21H17NO5/c23-15-10-14-17(11-13(15)20(24)22-8-4-1-5-9-22)26-19-12-6-2-3-7-16(12)27-21(25)18(14)19/h2-3,6-7,10-11,23H,1,4-5,8-9H2. The van der Waals surface area contributed by atoms with Gasteiger partial charge in [-0.05, 0) is 43.5 Å². The number of hydrogen-bond donors (Lipinski definition) is 1. The molecule has 0 radical (unpaired) electrons. The number of furan rings is 1. The minimum atomic E-state index is -0.531. The lowest BCUT2D eigenvalue weighted by Crippen LogP contribution is -2.35. The Kier molecular flexibility index (Phi) is 3.47. The average molecular weight is 363 g/mol. The second-order valence-electron chi connectivity index (χ2n) is 6.91. The summed E-state index contributed by atoms with van der Waals surface area (Å²) in [6.45, 7) is 1.37. The van der Waals surface area contributed by atoms with Gasteiger partial charge in [0.25, 0.3) is 5.91 Å². The molecular weight excluding hydrogens is 346 g/mol. The lowest BCUT2D eigenvalue weighted by atomic mass is 10.1. The zero-order valence-electron chi connectivity index (χ0n) is 14.5. The molecule has 0 atom stereocenters. The van der Waals surface area contributed by atoms with Crippen LogP contribution in [-0.4, -0.2) is 29.0 Å². The molecule has 0 bridgehead atoms. The molecule has 1 saturated heterocycles. The second kappa shape index (κ2) is 5.87. The number of nitrogens with zero attached hydrogens (tertiary/aromatic N) is 1. The highest BCUT2D eigenvalue weighted by Crippen LogP contribution is 2.35. The van der Waals surface area contributed by atoms with Crippen LogP contribution in [0.2, 0.25) is 0 Å². The van der Waals surface area contributed by atoms with Crippen LogP contribution < -0.4 is 5.63 Å². The van der Waals surface area contributed by atoms with Crippen LogP contribution in [0.3, 0.4) is 0 Å². The van der Waals surface area contributed by atoms with Crippen molar-refractivity contribution in [3.8, 4) is 5.75 Å². The number of carbonyl (C=O) groups excluding carboxylic acids is 1. The molecule has 1 amide bonds. The largest absolute Gasteiger partial charge is 0.507 e. The Morgan fingerprint density at radius 1 is 0.963 bits per heavy atom. The van der Waals surface area contributed by atoms with Crippen molar-refractivity contribution in [2.45, 2.75) is 19.3 Å². The fraction of sp³-hybridized carbons (Fsp3) is 0.238. The molecule has 0 spiro atoms. The zero-order valence-corrected chi connectivity index (χ0v) is 14.5. The van der Waals surface area contributed by atoms with E-state index in [-0.39, 0.29) is 22.6 Å². The fourth-order valence-electron chi connectivity index (χ4n) is 3.86. The number of piperidine rings is 1. The first-order valence-electron chi connectivity index (χ1n) is 9.04. The monoisotopic (exact) mass is 363 g/mol. The third-order valence-electron chi connectivity index (χ3n) is 5.22. The van der Waals surface area contributed by atoms with Gasteiger partial charge in [0.05, 0.1) is 10.9 Å². The van der Waals surface area contributed by atoms with Crippen LogP contribution in [0.25, 0.3) is 32.9 Å². The summed E-state index contributed by atoms with van der Waals surface area (Å²) < 4.78 is 11.3. The number of aromatic hydroxyl groups is 1. The predicted molar refractivity (Wildman–Crippen MR) is 101 cm³/mol.